The summed E-state index contributed by atoms with van der Waals surface area (Å²) in [7, 11) is 0. The summed E-state index contributed by atoms with van der Waals surface area (Å²) in [6.07, 6.45) is -1.47. The number of carbonyl (C=O) groups is 2. The van der Waals surface area contributed by atoms with Crippen molar-refractivity contribution >= 4 is 11.9 Å². The first-order chi connectivity index (χ1) is 9.86. The lowest BCUT2D eigenvalue weighted by Crippen LogP contribution is -2.41. The van der Waals surface area contributed by atoms with E-state index in [1.54, 1.807) is 14.7 Å². The van der Waals surface area contributed by atoms with Gasteiger partial charge in [0.05, 0.1) is 13.1 Å². The van der Waals surface area contributed by atoms with Crippen LogP contribution in [0.1, 0.15) is 0 Å². The summed E-state index contributed by atoms with van der Waals surface area (Å²) >= 11 is 0. The molecule has 1 aliphatic heterocycles. The Hall–Kier alpha value is -1.26. The topological polar surface area (TPSA) is 125 Å². The summed E-state index contributed by atoms with van der Waals surface area (Å²) in [5.74, 6) is -1.87. The molecule has 9 nitrogen and oxygen atoms in total. The highest BCUT2D eigenvalue weighted by Gasteiger charge is 2.20. The van der Waals surface area contributed by atoms with Crippen molar-refractivity contribution < 1.29 is 30.0 Å². The van der Waals surface area contributed by atoms with Gasteiger partial charge in [0.2, 0.25) is 0 Å². The Kier molecular flexibility index (Phi) is 7.54. The van der Waals surface area contributed by atoms with Gasteiger partial charge in [0.15, 0.2) is 6.29 Å². The molecule has 0 radical (unpaired) electrons. The third-order valence-electron chi connectivity index (χ3n) is 3.34. The smallest absolute Gasteiger partial charge is 0.317 e. The van der Waals surface area contributed by atoms with Gasteiger partial charge in [0.1, 0.15) is 0 Å². The summed E-state index contributed by atoms with van der Waals surface area (Å²) < 4.78 is 0. The normalized spacial score (nSPS) is 20.0. The molecule has 122 valence electrons. The Labute approximate surface area is 123 Å². The van der Waals surface area contributed by atoms with E-state index in [0.717, 1.165) is 0 Å². The first-order valence-electron chi connectivity index (χ1n) is 6.83. The van der Waals surface area contributed by atoms with Crippen molar-refractivity contribution in [3.8, 4) is 0 Å². The highest BCUT2D eigenvalue weighted by Crippen LogP contribution is 2.01. The van der Waals surface area contributed by atoms with E-state index >= 15 is 0 Å². The third-order valence-corrected chi connectivity index (χ3v) is 3.34. The Morgan fingerprint density at radius 2 is 1.10 bits per heavy atom. The zero-order valence-electron chi connectivity index (χ0n) is 11.9. The molecule has 0 amide bonds. The molecule has 0 aromatic heterocycles. The summed E-state index contributed by atoms with van der Waals surface area (Å²) in [5.41, 5.74) is 0. The number of β-amino-alcohol motifs (C(OH)–C–C–N with tert-alkyl or cyclic N) is 2. The average Bonchev–Trinajstić information content (AvgIpc) is 2.42. The van der Waals surface area contributed by atoms with Gasteiger partial charge in [-0.15, -0.1) is 0 Å². The second kappa shape index (κ2) is 8.90. The minimum Gasteiger partial charge on any atom is -0.480 e. The lowest BCUT2D eigenvalue weighted by Gasteiger charge is -2.25. The first kappa shape index (κ1) is 17.8. The van der Waals surface area contributed by atoms with Crippen LogP contribution in [0.3, 0.4) is 0 Å². The van der Waals surface area contributed by atoms with Crippen LogP contribution in [0.2, 0.25) is 0 Å². The number of rotatable bonds is 6. The fourth-order valence-electron chi connectivity index (χ4n) is 2.30. The van der Waals surface area contributed by atoms with Gasteiger partial charge in [-0.05, 0) is 0 Å². The summed E-state index contributed by atoms with van der Waals surface area (Å²) in [6, 6.07) is 0. The molecule has 4 N–H and O–H groups in total. The molecule has 21 heavy (non-hydrogen) atoms. The Bertz CT molecular complexity index is 324. The van der Waals surface area contributed by atoms with Crippen LogP contribution in [0.4, 0.5) is 0 Å². The second-order valence-corrected chi connectivity index (χ2v) is 5.12. The molecular formula is C12H23N3O6. The molecule has 0 saturated carbocycles. The molecule has 1 fully saturated rings. The summed E-state index contributed by atoms with van der Waals surface area (Å²) in [6.45, 7) is 2.75. The van der Waals surface area contributed by atoms with Crippen molar-refractivity contribution in [3.05, 3.63) is 0 Å². The fraction of sp³-hybridized carbons (Fsp3) is 0.833. The SMILES string of the molecule is O=C(O)CN1CCN(CC(=O)O)CCN(CC(O)O)CC1. The molecule has 0 spiro atoms. The molecular weight excluding hydrogens is 282 g/mol. The van der Waals surface area contributed by atoms with Crippen LogP contribution in [-0.2, 0) is 9.59 Å². The van der Waals surface area contributed by atoms with E-state index in [2.05, 4.69) is 0 Å². The fourth-order valence-corrected chi connectivity index (χ4v) is 2.30. The molecule has 0 aliphatic carbocycles. The molecule has 1 heterocycles. The van der Waals surface area contributed by atoms with Gasteiger partial charge in [-0.1, -0.05) is 0 Å². The van der Waals surface area contributed by atoms with Crippen LogP contribution in [0.25, 0.3) is 0 Å². The maximum absolute atomic E-state index is 10.8. The van der Waals surface area contributed by atoms with Gasteiger partial charge in [-0.25, -0.2) is 0 Å². The van der Waals surface area contributed by atoms with Gasteiger partial charge in [0.25, 0.3) is 0 Å². The first-order valence-corrected chi connectivity index (χ1v) is 6.83. The molecule has 0 unspecified atom stereocenters. The van der Waals surface area contributed by atoms with E-state index in [4.69, 9.17) is 20.4 Å². The van der Waals surface area contributed by atoms with Crippen LogP contribution in [0, 0.1) is 0 Å². The zero-order chi connectivity index (χ0) is 15.8. The molecule has 0 aromatic rings. The van der Waals surface area contributed by atoms with E-state index in [-0.39, 0.29) is 19.6 Å². The van der Waals surface area contributed by atoms with E-state index in [1.807, 2.05) is 0 Å². The molecule has 1 rings (SSSR count). The summed E-state index contributed by atoms with van der Waals surface area (Å²) in [5, 5.41) is 35.9. The third kappa shape index (κ3) is 7.93. The predicted octanol–water partition coefficient (Wildman–Crippen LogP) is -2.61. The number of aliphatic hydroxyl groups excluding tert-OH is 1. The Morgan fingerprint density at radius 3 is 1.38 bits per heavy atom. The minimum atomic E-state index is -1.47. The lowest BCUT2D eigenvalue weighted by molar-refractivity contribution is -0.140. The average molecular weight is 305 g/mol. The van der Waals surface area contributed by atoms with Crippen LogP contribution in [0.15, 0.2) is 0 Å². The number of hydrogen-bond donors (Lipinski definition) is 4. The van der Waals surface area contributed by atoms with Crippen molar-refractivity contribution in [2.45, 2.75) is 6.29 Å². The van der Waals surface area contributed by atoms with E-state index in [1.165, 1.54) is 0 Å². The van der Waals surface area contributed by atoms with Crippen molar-refractivity contribution in [2.75, 3.05) is 58.9 Å². The molecule has 0 bridgehead atoms. The van der Waals surface area contributed by atoms with Crippen LogP contribution in [0.5, 0.6) is 0 Å². The zero-order valence-corrected chi connectivity index (χ0v) is 11.9. The molecule has 0 atom stereocenters. The van der Waals surface area contributed by atoms with Crippen molar-refractivity contribution in [1.29, 1.82) is 0 Å². The van der Waals surface area contributed by atoms with E-state index in [0.29, 0.717) is 39.3 Å². The van der Waals surface area contributed by atoms with Gasteiger partial charge in [-0.3, -0.25) is 24.3 Å². The van der Waals surface area contributed by atoms with Crippen LogP contribution in [-0.4, -0.2) is 112 Å². The number of carboxylic acids is 2. The van der Waals surface area contributed by atoms with Gasteiger partial charge >= 0.3 is 11.9 Å². The molecule has 1 aliphatic rings. The standard InChI is InChI=1S/C12H23N3O6/c16-10(17)7-13-1-2-14(8-11(18)19)5-6-15(4-3-13)9-12(20)21/h10,16-17H,1-9H2,(H,18,19)(H,20,21). The summed E-state index contributed by atoms with van der Waals surface area (Å²) in [4.78, 5) is 26.9. The monoisotopic (exact) mass is 305 g/mol. The largest absolute Gasteiger partial charge is 0.480 e. The van der Waals surface area contributed by atoms with E-state index < -0.39 is 18.2 Å². The maximum Gasteiger partial charge on any atom is 0.317 e. The van der Waals surface area contributed by atoms with Gasteiger partial charge in [0, 0.05) is 45.8 Å². The number of carboxylic acid groups (broad SMARTS) is 2. The Morgan fingerprint density at radius 1 is 0.762 bits per heavy atom. The van der Waals surface area contributed by atoms with Crippen molar-refractivity contribution in [3.63, 3.8) is 0 Å². The lowest BCUT2D eigenvalue weighted by atomic mass is 10.4. The van der Waals surface area contributed by atoms with Crippen LogP contribution < -0.4 is 0 Å². The number of hydrogen-bond acceptors (Lipinski definition) is 7. The quantitative estimate of drug-likeness (QED) is 0.390. The van der Waals surface area contributed by atoms with Crippen LogP contribution >= 0.6 is 0 Å². The highest BCUT2D eigenvalue weighted by molar-refractivity contribution is 5.69. The second-order valence-electron chi connectivity index (χ2n) is 5.12. The molecule has 1 saturated heterocycles. The minimum absolute atomic E-state index is 0.0574. The number of nitrogens with zero attached hydrogens (tertiary/aromatic N) is 3. The highest BCUT2D eigenvalue weighted by atomic mass is 16.5. The predicted molar refractivity (Wildman–Crippen MR) is 72.8 cm³/mol. The maximum atomic E-state index is 10.8. The van der Waals surface area contributed by atoms with Crippen molar-refractivity contribution in [1.82, 2.24) is 14.7 Å². The van der Waals surface area contributed by atoms with Crippen molar-refractivity contribution in [2.24, 2.45) is 0 Å². The van der Waals surface area contributed by atoms with Gasteiger partial charge in [-0.2, -0.15) is 0 Å². The molecule has 0 aromatic carbocycles. The number of aliphatic hydroxyl groups is 2. The Balaban J connectivity index is 2.66. The number of aliphatic carboxylic acids is 2. The van der Waals surface area contributed by atoms with Gasteiger partial charge < -0.3 is 20.4 Å². The molecule has 9 heteroatoms. The van der Waals surface area contributed by atoms with E-state index in [9.17, 15) is 9.59 Å².